The molecule has 6 nitrogen and oxygen atoms in total. The second kappa shape index (κ2) is 6.88. The van der Waals surface area contributed by atoms with Crippen LogP contribution in [-0.4, -0.2) is 28.3 Å². The number of nitrogens with one attached hydrogen (secondary N) is 2. The average molecular weight is 343 g/mol. The van der Waals surface area contributed by atoms with E-state index < -0.39 is 18.2 Å². The first-order valence-corrected chi connectivity index (χ1v) is 7.91. The Balaban J connectivity index is 1.75. The van der Waals surface area contributed by atoms with Crippen molar-refractivity contribution in [2.45, 2.75) is 26.1 Å². The standard InChI is InChI=1S/C18H18FN3O3/c1-10-6-11(2-3-13(10)9-21-18(24)25)12-4-5-20-16(7-12)22-17(23)14-8-15(14)19/h2-7,14-15,21H,8-9H2,1H3,(H,24,25)(H,20,22,23). The van der Waals surface area contributed by atoms with Gasteiger partial charge in [0.2, 0.25) is 5.91 Å². The monoisotopic (exact) mass is 343 g/mol. The molecule has 2 aromatic rings. The third kappa shape index (κ3) is 4.12. The lowest BCUT2D eigenvalue weighted by molar-refractivity contribution is -0.117. The van der Waals surface area contributed by atoms with Crippen LogP contribution < -0.4 is 10.6 Å². The number of hydrogen-bond donors (Lipinski definition) is 3. The molecule has 1 aliphatic rings. The summed E-state index contributed by atoms with van der Waals surface area (Å²) in [5.74, 6) is -0.520. The number of halogens is 1. The van der Waals surface area contributed by atoms with E-state index in [0.29, 0.717) is 5.82 Å². The van der Waals surface area contributed by atoms with Crippen LogP contribution in [-0.2, 0) is 11.3 Å². The highest BCUT2D eigenvalue weighted by molar-refractivity contribution is 5.94. The van der Waals surface area contributed by atoms with Crippen LogP contribution in [0.1, 0.15) is 17.5 Å². The van der Waals surface area contributed by atoms with Crippen LogP contribution in [0.2, 0.25) is 0 Å². The van der Waals surface area contributed by atoms with Crippen LogP contribution >= 0.6 is 0 Å². The van der Waals surface area contributed by atoms with Crippen molar-refractivity contribution < 1.29 is 19.1 Å². The zero-order valence-electron chi connectivity index (χ0n) is 13.6. The molecule has 3 N–H and O–H groups in total. The van der Waals surface area contributed by atoms with Gasteiger partial charge in [-0.15, -0.1) is 0 Å². The number of aryl methyl sites for hydroxylation is 1. The molecule has 7 heteroatoms. The normalized spacial score (nSPS) is 18.5. The van der Waals surface area contributed by atoms with E-state index in [4.69, 9.17) is 5.11 Å². The lowest BCUT2D eigenvalue weighted by Crippen LogP contribution is -2.20. The van der Waals surface area contributed by atoms with Crippen molar-refractivity contribution in [3.63, 3.8) is 0 Å². The summed E-state index contributed by atoms with van der Waals surface area (Å²) in [5.41, 5.74) is 3.62. The summed E-state index contributed by atoms with van der Waals surface area (Å²) >= 11 is 0. The minimum absolute atomic E-state index is 0.241. The minimum atomic E-state index is -1.07. The number of pyridine rings is 1. The molecule has 1 saturated carbocycles. The lowest BCUT2D eigenvalue weighted by Gasteiger charge is -2.10. The van der Waals surface area contributed by atoms with Crippen LogP contribution in [0, 0.1) is 12.8 Å². The molecule has 0 bridgehead atoms. The maximum absolute atomic E-state index is 12.9. The van der Waals surface area contributed by atoms with Gasteiger partial charge in [-0.3, -0.25) is 4.79 Å². The van der Waals surface area contributed by atoms with Gasteiger partial charge in [-0.1, -0.05) is 18.2 Å². The Bertz CT molecular complexity index is 825. The lowest BCUT2D eigenvalue weighted by atomic mass is 10.0. The molecule has 1 aliphatic carbocycles. The van der Waals surface area contributed by atoms with E-state index in [1.807, 2.05) is 31.2 Å². The molecule has 2 unspecified atom stereocenters. The van der Waals surface area contributed by atoms with Crippen molar-refractivity contribution in [2.24, 2.45) is 5.92 Å². The highest BCUT2D eigenvalue weighted by Crippen LogP contribution is 2.34. The zero-order valence-corrected chi connectivity index (χ0v) is 13.6. The maximum atomic E-state index is 12.9. The summed E-state index contributed by atoms with van der Waals surface area (Å²) in [4.78, 5) is 26.5. The van der Waals surface area contributed by atoms with Crippen LogP contribution in [0.5, 0.6) is 0 Å². The quantitative estimate of drug-likeness (QED) is 0.778. The highest BCUT2D eigenvalue weighted by Gasteiger charge is 2.43. The molecule has 0 saturated heterocycles. The zero-order chi connectivity index (χ0) is 18.0. The van der Waals surface area contributed by atoms with E-state index in [0.717, 1.165) is 22.3 Å². The van der Waals surface area contributed by atoms with Gasteiger partial charge in [-0.25, -0.2) is 14.2 Å². The largest absolute Gasteiger partial charge is 0.465 e. The van der Waals surface area contributed by atoms with Gasteiger partial charge in [0.25, 0.3) is 0 Å². The van der Waals surface area contributed by atoms with Gasteiger partial charge >= 0.3 is 6.09 Å². The number of aromatic nitrogens is 1. The van der Waals surface area contributed by atoms with E-state index in [2.05, 4.69) is 15.6 Å². The number of benzene rings is 1. The maximum Gasteiger partial charge on any atom is 0.404 e. The fourth-order valence-electron chi connectivity index (χ4n) is 2.58. The first-order chi connectivity index (χ1) is 11.9. The first-order valence-electron chi connectivity index (χ1n) is 7.91. The number of nitrogens with zero attached hydrogens (tertiary/aromatic N) is 1. The third-order valence-electron chi connectivity index (χ3n) is 4.17. The van der Waals surface area contributed by atoms with Crippen molar-refractivity contribution in [3.8, 4) is 11.1 Å². The van der Waals surface area contributed by atoms with E-state index in [1.165, 1.54) is 0 Å². The molecular formula is C18H18FN3O3. The van der Waals surface area contributed by atoms with E-state index in [9.17, 15) is 14.0 Å². The summed E-state index contributed by atoms with van der Waals surface area (Å²) in [6.07, 6.45) is -0.252. The summed E-state index contributed by atoms with van der Waals surface area (Å²) in [6, 6.07) is 9.23. The number of amides is 2. The summed E-state index contributed by atoms with van der Waals surface area (Å²) < 4.78 is 12.9. The van der Waals surface area contributed by atoms with Gasteiger partial charge in [-0.05, 0) is 47.7 Å². The Morgan fingerprint density at radius 1 is 1.28 bits per heavy atom. The Morgan fingerprint density at radius 2 is 2.00 bits per heavy atom. The van der Waals surface area contributed by atoms with Crippen molar-refractivity contribution in [2.75, 3.05) is 5.32 Å². The summed E-state index contributed by atoms with van der Waals surface area (Å²) in [5, 5.41) is 13.7. The fourth-order valence-corrected chi connectivity index (χ4v) is 2.58. The van der Waals surface area contributed by atoms with Gasteiger partial charge in [0, 0.05) is 12.7 Å². The van der Waals surface area contributed by atoms with Crippen molar-refractivity contribution >= 4 is 17.8 Å². The van der Waals surface area contributed by atoms with Crippen molar-refractivity contribution in [1.29, 1.82) is 0 Å². The molecule has 2 amide bonds. The van der Waals surface area contributed by atoms with Gasteiger partial charge < -0.3 is 15.7 Å². The minimum Gasteiger partial charge on any atom is -0.465 e. The van der Waals surface area contributed by atoms with Crippen molar-refractivity contribution in [1.82, 2.24) is 10.3 Å². The molecule has 0 aliphatic heterocycles. The molecule has 130 valence electrons. The Kier molecular flexibility index (Phi) is 4.65. The van der Waals surface area contributed by atoms with Crippen LogP contribution in [0.4, 0.5) is 15.0 Å². The van der Waals surface area contributed by atoms with Gasteiger partial charge in [-0.2, -0.15) is 0 Å². The number of carboxylic acid groups (broad SMARTS) is 1. The Labute approximate surface area is 144 Å². The number of anilines is 1. The number of carbonyl (C=O) groups excluding carboxylic acids is 1. The predicted molar refractivity (Wildman–Crippen MR) is 90.9 cm³/mol. The molecule has 0 radical (unpaired) electrons. The molecule has 1 fully saturated rings. The number of rotatable bonds is 5. The van der Waals surface area contributed by atoms with Crippen LogP contribution in [0.25, 0.3) is 11.1 Å². The van der Waals surface area contributed by atoms with Crippen LogP contribution in [0.3, 0.4) is 0 Å². The molecule has 1 aromatic heterocycles. The molecule has 3 rings (SSSR count). The Hall–Kier alpha value is -2.96. The third-order valence-corrected chi connectivity index (χ3v) is 4.17. The molecule has 25 heavy (non-hydrogen) atoms. The van der Waals surface area contributed by atoms with Crippen LogP contribution in [0.15, 0.2) is 36.5 Å². The molecule has 0 spiro atoms. The molecule has 1 heterocycles. The predicted octanol–water partition coefficient (Wildman–Crippen LogP) is 3.12. The summed E-state index contributed by atoms with van der Waals surface area (Å²) in [7, 11) is 0. The molecule has 1 aromatic carbocycles. The number of carbonyl (C=O) groups is 2. The topological polar surface area (TPSA) is 91.3 Å². The SMILES string of the molecule is Cc1cc(-c2ccnc(NC(=O)C3CC3F)c2)ccc1CNC(=O)O. The second-order valence-electron chi connectivity index (χ2n) is 6.08. The fraction of sp³-hybridized carbons (Fsp3) is 0.278. The van der Waals surface area contributed by atoms with Gasteiger partial charge in [0.1, 0.15) is 12.0 Å². The van der Waals surface area contributed by atoms with Crippen molar-refractivity contribution in [3.05, 3.63) is 47.7 Å². The Morgan fingerprint density at radius 3 is 2.64 bits per heavy atom. The second-order valence-corrected chi connectivity index (χ2v) is 6.08. The number of hydrogen-bond acceptors (Lipinski definition) is 3. The first kappa shape index (κ1) is 16.9. The average Bonchev–Trinajstić information content (AvgIpc) is 3.31. The smallest absolute Gasteiger partial charge is 0.404 e. The van der Waals surface area contributed by atoms with E-state index in [1.54, 1.807) is 12.3 Å². The summed E-state index contributed by atoms with van der Waals surface area (Å²) in [6.45, 7) is 2.14. The molecule has 2 atom stereocenters. The highest BCUT2D eigenvalue weighted by atomic mass is 19.1. The number of alkyl halides is 1. The molecular weight excluding hydrogens is 325 g/mol. The van der Waals surface area contributed by atoms with Gasteiger partial charge in [0.15, 0.2) is 0 Å². The van der Waals surface area contributed by atoms with E-state index in [-0.39, 0.29) is 18.9 Å². The van der Waals surface area contributed by atoms with Gasteiger partial charge in [0.05, 0.1) is 5.92 Å². The van der Waals surface area contributed by atoms with E-state index >= 15 is 0 Å².